The van der Waals surface area contributed by atoms with Crippen LogP contribution in [-0.4, -0.2) is 26.4 Å². The first-order chi connectivity index (χ1) is 13.0. The molecule has 0 fully saturated rings. The summed E-state index contributed by atoms with van der Waals surface area (Å²) in [5.74, 6) is 1.40. The summed E-state index contributed by atoms with van der Waals surface area (Å²) in [5, 5.41) is 4.46. The zero-order valence-corrected chi connectivity index (χ0v) is 18.8. The summed E-state index contributed by atoms with van der Waals surface area (Å²) in [7, 11) is 1.64. The van der Waals surface area contributed by atoms with Gasteiger partial charge in [-0.15, -0.1) is 12.4 Å². The highest BCUT2D eigenvalue weighted by Gasteiger charge is 2.07. The molecule has 0 radical (unpaired) electrons. The van der Waals surface area contributed by atoms with Gasteiger partial charge in [0, 0.05) is 13.2 Å². The summed E-state index contributed by atoms with van der Waals surface area (Å²) >= 11 is 12.0. The largest absolute Gasteiger partial charge is 0.493 e. The fourth-order valence-electron chi connectivity index (χ4n) is 2.48. The molecule has 0 aliphatic heterocycles. The van der Waals surface area contributed by atoms with Crippen LogP contribution in [0, 0.1) is 0 Å². The average Bonchev–Trinajstić information content (AvgIpc) is 2.65. The molecular formula is C21H28Cl3NO3. The van der Waals surface area contributed by atoms with Gasteiger partial charge in [0.15, 0.2) is 11.5 Å². The van der Waals surface area contributed by atoms with Gasteiger partial charge in [0.05, 0.1) is 23.3 Å². The summed E-state index contributed by atoms with van der Waals surface area (Å²) in [4.78, 5) is 0. The molecule has 0 saturated carbocycles. The number of benzene rings is 2. The van der Waals surface area contributed by atoms with Crippen molar-refractivity contribution < 1.29 is 14.2 Å². The Hall–Kier alpha value is -1.17. The van der Waals surface area contributed by atoms with E-state index in [0.717, 1.165) is 37.2 Å². The van der Waals surface area contributed by atoms with Crippen molar-refractivity contribution in [3.8, 4) is 11.5 Å². The van der Waals surface area contributed by atoms with Crippen LogP contribution in [0.15, 0.2) is 36.4 Å². The van der Waals surface area contributed by atoms with Crippen LogP contribution in [0.5, 0.6) is 11.5 Å². The van der Waals surface area contributed by atoms with Crippen LogP contribution in [0.25, 0.3) is 0 Å². The molecule has 7 heteroatoms. The van der Waals surface area contributed by atoms with Gasteiger partial charge in [0.2, 0.25) is 0 Å². The van der Waals surface area contributed by atoms with E-state index < -0.39 is 0 Å². The third-order valence-electron chi connectivity index (χ3n) is 3.88. The molecule has 0 saturated heterocycles. The van der Waals surface area contributed by atoms with Crippen LogP contribution in [0.1, 0.15) is 31.4 Å². The molecule has 0 spiro atoms. The number of ether oxygens (including phenoxy) is 3. The molecule has 2 rings (SSSR count). The summed E-state index contributed by atoms with van der Waals surface area (Å²) in [6.45, 7) is 6.93. The molecule has 0 aromatic heterocycles. The Labute approximate surface area is 183 Å². The van der Waals surface area contributed by atoms with Crippen molar-refractivity contribution in [3.05, 3.63) is 57.6 Å². The lowest BCUT2D eigenvalue weighted by Gasteiger charge is -2.13. The summed E-state index contributed by atoms with van der Waals surface area (Å²) in [5.41, 5.74) is 2.08. The number of halogens is 3. The molecule has 2 aromatic carbocycles. The van der Waals surface area contributed by atoms with Crippen molar-refractivity contribution >= 4 is 35.6 Å². The van der Waals surface area contributed by atoms with Gasteiger partial charge >= 0.3 is 0 Å². The molecule has 0 aliphatic rings. The van der Waals surface area contributed by atoms with E-state index in [0.29, 0.717) is 28.2 Å². The molecule has 28 heavy (non-hydrogen) atoms. The average molecular weight is 449 g/mol. The highest BCUT2D eigenvalue weighted by Crippen LogP contribution is 2.29. The molecular weight excluding hydrogens is 421 g/mol. The number of methoxy groups -OCH3 is 1. The zero-order chi connectivity index (χ0) is 19.6. The van der Waals surface area contributed by atoms with E-state index in [1.807, 2.05) is 38.1 Å². The molecule has 0 amide bonds. The minimum atomic E-state index is 0. The van der Waals surface area contributed by atoms with Crippen molar-refractivity contribution in [3.63, 3.8) is 0 Å². The van der Waals surface area contributed by atoms with Gasteiger partial charge in [0.1, 0.15) is 6.61 Å². The Morgan fingerprint density at radius 1 is 0.964 bits per heavy atom. The number of rotatable bonds is 11. The molecule has 0 unspecified atom stereocenters. The summed E-state index contributed by atoms with van der Waals surface area (Å²) in [6, 6.07) is 11.4. The van der Waals surface area contributed by atoms with Gasteiger partial charge in [-0.25, -0.2) is 0 Å². The lowest BCUT2D eigenvalue weighted by Crippen LogP contribution is -2.17. The Kier molecular flexibility index (Phi) is 11.7. The van der Waals surface area contributed by atoms with Crippen molar-refractivity contribution in [2.45, 2.75) is 39.5 Å². The second-order valence-electron chi connectivity index (χ2n) is 6.47. The SMILES string of the molecule is COc1cc(CNCCCOC(C)C)ccc1OCc1ccc(Cl)c(Cl)c1.Cl. The van der Waals surface area contributed by atoms with E-state index in [-0.39, 0.29) is 18.5 Å². The highest BCUT2D eigenvalue weighted by molar-refractivity contribution is 6.42. The molecule has 2 aromatic rings. The molecule has 156 valence electrons. The maximum atomic E-state index is 6.04. The van der Waals surface area contributed by atoms with Crippen LogP contribution in [0.3, 0.4) is 0 Å². The van der Waals surface area contributed by atoms with Gasteiger partial charge < -0.3 is 19.5 Å². The standard InChI is InChI=1S/C21H27Cl2NO3.ClH/c1-15(2)26-10-4-9-24-13-16-6-8-20(21(12-16)25-3)27-14-17-5-7-18(22)19(23)11-17;/h5-8,11-12,15,24H,4,9-10,13-14H2,1-3H3;1H. The Morgan fingerprint density at radius 2 is 1.71 bits per heavy atom. The predicted octanol–water partition coefficient (Wildman–Crippen LogP) is 5.91. The normalized spacial score (nSPS) is 10.6. The van der Waals surface area contributed by atoms with E-state index in [1.165, 1.54) is 0 Å². The lowest BCUT2D eigenvalue weighted by molar-refractivity contribution is 0.0770. The second kappa shape index (κ2) is 13.1. The monoisotopic (exact) mass is 447 g/mol. The Balaban J connectivity index is 0.00000392. The van der Waals surface area contributed by atoms with Crippen LogP contribution in [0.4, 0.5) is 0 Å². The van der Waals surface area contributed by atoms with Crippen molar-refractivity contribution in [1.29, 1.82) is 0 Å². The predicted molar refractivity (Wildman–Crippen MR) is 118 cm³/mol. The zero-order valence-electron chi connectivity index (χ0n) is 16.5. The van der Waals surface area contributed by atoms with Gasteiger partial charge in [-0.2, -0.15) is 0 Å². The number of nitrogens with one attached hydrogen (secondary N) is 1. The van der Waals surface area contributed by atoms with Crippen LogP contribution in [-0.2, 0) is 17.9 Å². The fourth-order valence-corrected chi connectivity index (χ4v) is 2.80. The molecule has 1 N–H and O–H groups in total. The molecule has 4 nitrogen and oxygen atoms in total. The minimum Gasteiger partial charge on any atom is -0.493 e. The number of hydrogen-bond acceptors (Lipinski definition) is 4. The highest BCUT2D eigenvalue weighted by atomic mass is 35.5. The molecule has 0 atom stereocenters. The lowest BCUT2D eigenvalue weighted by atomic mass is 10.2. The van der Waals surface area contributed by atoms with Gasteiger partial charge in [-0.3, -0.25) is 0 Å². The van der Waals surface area contributed by atoms with E-state index >= 15 is 0 Å². The minimum absolute atomic E-state index is 0. The van der Waals surface area contributed by atoms with Crippen molar-refractivity contribution in [2.75, 3.05) is 20.3 Å². The van der Waals surface area contributed by atoms with Gasteiger partial charge in [-0.1, -0.05) is 35.3 Å². The molecule has 0 heterocycles. The van der Waals surface area contributed by atoms with E-state index in [9.17, 15) is 0 Å². The van der Waals surface area contributed by atoms with Crippen molar-refractivity contribution in [1.82, 2.24) is 5.32 Å². The Bertz CT molecular complexity index is 726. The summed E-state index contributed by atoms with van der Waals surface area (Å²) < 4.78 is 16.9. The topological polar surface area (TPSA) is 39.7 Å². The number of hydrogen-bond donors (Lipinski definition) is 1. The van der Waals surface area contributed by atoms with E-state index in [4.69, 9.17) is 37.4 Å². The smallest absolute Gasteiger partial charge is 0.161 e. The van der Waals surface area contributed by atoms with Crippen LogP contribution >= 0.6 is 35.6 Å². The fraction of sp³-hybridized carbons (Fsp3) is 0.429. The van der Waals surface area contributed by atoms with Crippen LogP contribution < -0.4 is 14.8 Å². The maximum absolute atomic E-state index is 6.04. The first-order valence-electron chi connectivity index (χ1n) is 9.05. The van der Waals surface area contributed by atoms with Gasteiger partial charge in [0.25, 0.3) is 0 Å². The third kappa shape index (κ3) is 8.46. The molecule has 0 aliphatic carbocycles. The first kappa shape index (κ1) is 24.9. The van der Waals surface area contributed by atoms with E-state index in [1.54, 1.807) is 19.2 Å². The van der Waals surface area contributed by atoms with Crippen LogP contribution in [0.2, 0.25) is 10.0 Å². The van der Waals surface area contributed by atoms with Crippen molar-refractivity contribution in [2.24, 2.45) is 0 Å². The second-order valence-corrected chi connectivity index (χ2v) is 7.29. The van der Waals surface area contributed by atoms with E-state index in [2.05, 4.69) is 5.32 Å². The first-order valence-corrected chi connectivity index (χ1v) is 9.81. The third-order valence-corrected chi connectivity index (χ3v) is 4.62. The molecule has 0 bridgehead atoms. The Morgan fingerprint density at radius 3 is 2.39 bits per heavy atom. The van der Waals surface area contributed by atoms with Gasteiger partial charge in [-0.05, 0) is 62.2 Å². The quantitative estimate of drug-likeness (QED) is 0.434. The summed E-state index contributed by atoms with van der Waals surface area (Å²) in [6.07, 6.45) is 1.27. The maximum Gasteiger partial charge on any atom is 0.161 e.